The van der Waals surface area contributed by atoms with Gasteiger partial charge < -0.3 is 4.90 Å². The van der Waals surface area contributed by atoms with Gasteiger partial charge in [-0.1, -0.05) is 90.9 Å². The predicted octanol–water partition coefficient (Wildman–Crippen LogP) is 6.88. The number of unbranched alkanes of at least 4 members (excludes halogenated alkanes) is 12. The molecule has 2 nitrogen and oxygen atoms in total. The Morgan fingerprint density at radius 2 is 0.960 bits per heavy atom. The van der Waals surface area contributed by atoms with E-state index in [4.69, 9.17) is 0 Å². The summed E-state index contributed by atoms with van der Waals surface area (Å²) in [5.41, 5.74) is 0. The van der Waals surface area contributed by atoms with Gasteiger partial charge in [0, 0.05) is 13.1 Å². The number of carbonyl (C=O) groups is 1. The summed E-state index contributed by atoms with van der Waals surface area (Å²) < 4.78 is 38.2. The molecule has 0 aromatic carbocycles. The van der Waals surface area contributed by atoms with Crippen molar-refractivity contribution in [1.82, 2.24) is 4.90 Å². The van der Waals surface area contributed by atoms with Gasteiger partial charge in [0.25, 0.3) is 0 Å². The molecule has 0 unspecified atom stereocenters. The fourth-order valence-electron chi connectivity index (χ4n) is 3.01. The largest absolute Gasteiger partial charge is 0.471 e. The lowest BCUT2D eigenvalue weighted by Crippen LogP contribution is -2.42. The number of nitrogens with zero attached hydrogens (tertiary/aromatic N) is 1. The first-order valence-electron chi connectivity index (χ1n) is 10.3. The summed E-state index contributed by atoms with van der Waals surface area (Å²) in [6.45, 7) is 4.79. The summed E-state index contributed by atoms with van der Waals surface area (Å²) in [5.74, 6) is -1.66. The highest BCUT2D eigenvalue weighted by Gasteiger charge is 2.41. The van der Waals surface area contributed by atoms with Crippen LogP contribution in [0.3, 0.4) is 0 Å². The van der Waals surface area contributed by atoms with Crippen molar-refractivity contribution in [2.24, 2.45) is 0 Å². The Balaban J connectivity index is 4.02. The summed E-state index contributed by atoms with van der Waals surface area (Å²) in [7, 11) is 0. The van der Waals surface area contributed by atoms with Crippen LogP contribution < -0.4 is 0 Å². The highest BCUT2D eigenvalue weighted by Crippen LogP contribution is 2.20. The van der Waals surface area contributed by atoms with Crippen LogP contribution in [-0.4, -0.2) is 30.1 Å². The summed E-state index contributed by atoms with van der Waals surface area (Å²) >= 11 is 0. The van der Waals surface area contributed by atoms with E-state index in [1.54, 1.807) is 0 Å². The Labute approximate surface area is 152 Å². The van der Waals surface area contributed by atoms with Gasteiger partial charge in [0.05, 0.1) is 0 Å². The van der Waals surface area contributed by atoms with E-state index < -0.39 is 12.1 Å². The summed E-state index contributed by atoms with van der Waals surface area (Å²) in [4.78, 5) is 12.6. The van der Waals surface area contributed by atoms with Gasteiger partial charge in [-0.3, -0.25) is 4.79 Å². The van der Waals surface area contributed by atoms with Gasteiger partial charge in [0.1, 0.15) is 0 Å². The Hall–Kier alpha value is -0.740. The van der Waals surface area contributed by atoms with Crippen molar-refractivity contribution in [3.8, 4) is 0 Å². The Bertz CT molecular complexity index is 301. The molecule has 150 valence electrons. The van der Waals surface area contributed by atoms with Crippen molar-refractivity contribution in [2.45, 2.75) is 110 Å². The van der Waals surface area contributed by atoms with Crippen LogP contribution in [0.5, 0.6) is 0 Å². The third-order valence-corrected chi connectivity index (χ3v) is 4.59. The highest BCUT2D eigenvalue weighted by molar-refractivity contribution is 5.81. The molecule has 5 heteroatoms. The van der Waals surface area contributed by atoms with Gasteiger partial charge in [0.2, 0.25) is 0 Å². The van der Waals surface area contributed by atoms with Crippen LogP contribution in [0.25, 0.3) is 0 Å². The second-order valence-electron chi connectivity index (χ2n) is 7.03. The smallest absolute Gasteiger partial charge is 0.335 e. The van der Waals surface area contributed by atoms with E-state index in [1.807, 2.05) is 0 Å². The molecular weight excluding hydrogens is 327 g/mol. The van der Waals surface area contributed by atoms with Crippen LogP contribution in [0.2, 0.25) is 0 Å². The lowest BCUT2D eigenvalue weighted by Gasteiger charge is -2.23. The number of rotatable bonds is 16. The fourth-order valence-corrected chi connectivity index (χ4v) is 3.01. The topological polar surface area (TPSA) is 20.3 Å². The quantitative estimate of drug-likeness (QED) is 0.273. The Kier molecular flexibility index (Phi) is 15.1. The third-order valence-electron chi connectivity index (χ3n) is 4.59. The first kappa shape index (κ1) is 24.3. The van der Waals surface area contributed by atoms with E-state index in [1.165, 1.54) is 38.5 Å². The molecule has 0 saturated heterocycles. The average molecular weight is 366 g/mol. The van der Waals surface area contributed by atoms with Crippen LogP contribution in [0, 0.1) is 0 Å². The highest BCUT2D eigenvalue weighted by atomic mass is 19.4. The van der Waals surface area contributed by atoms with Gasteiger partial charge >= 0.3 is 12.1 Å². The molecule has 0 spiro atoms. The number of alkyl halides is 3. The standard InChI is InChI=1S/C20H38F3NO/c1-3-5-7-9-11-13-15-17-24(19(25)20(21,22)23)18-16-14-12-10-8-6-4-2/h3-18H2,1-2H3. The molecule has 0 radical (unpaired) electrons. The minimum atomic E-state index is -4.75. The molecular formula is C20H38F3NO. The monoisotopic (exact) mass is 365 g/mol. The van der Waals surface area contributed by atoms with Gasteiger partial charge in [-0.15, -0.1) is 0 Å². The molecule has 1 amide bonds. The van der Waals surface area contributed by atoms with E-state index in [-0.39, 0.29) is 13.1 Å². The van der Waals surface area contributed by atoms with Crippen LogP contribution >= 0.6 is 0 Å². The van der Waals surface area contributed by atoms with Gasteiger partial charge in [-0.2, -0.15) is 13.2 Å². The summed E-state index contributed by atoms with van der Waals surface area (Å²) in [5, 5.41) is 0. The SMILES string of the molecule is CCCCCCCCCN(CCCCCCCCC)C(=O)C(F)(F)F. The van der Waals surface area contributed by atoms with Crippen molar-refractivity contribution in [1.29, 1.82) is 0 Å². The zero-order valence-electron chi connectivity index (χ0n) is 16.3. The maximum absolute atomic E-state index is 12.7. The third kappa shape index (κ3) is 14.1. The number of halogens is 3. The molecule has 0 aromatic rings. The molecule has 0 fully saturated rings. The average Bonchev–Trinajstić information content (AvgIpc) is 2.57. The van der Waals surface area contributed by atoms with Gasteiger partial charge in [-0.05, 0) is 12.8 Å². The molecule has 0 bridgehead atoms. The molecule has 0 N–H and O–H groups in total. The van der Waals surface area contributed by atoms with Crippen LogP contribution in [-0.2, 0) is 4.79 Å². The molecule has 0 aliphatic heterocycles. The van der Waals surface area contributed by atoms with E-state index >= 15 is 0 Å². The van der Waals surface area contributed by atoms with Crippen molar-refractivity contribution >= 4 is 5.91 Å². The summed E-state index contributed by atoms with van der Waals surface area (Å²) in [6, 6.07) is 0. The molecule has 0 heterocycles. The van der Waals surface area contributed by atoms with Crippen molar-refractivity contribution in [2.75, 3.05) is 13.1 Å². The Morgan fingerprint density at radius 3 is 1.28 bits per heavy atom. The second kappa shape index (κ2) is 15.5. The minimum absolute atomic E-state index is 0.238. The van der Waals surface area contributed by atoms with E-state index in [0.29, 0.717) is 12.8 Å². The molecule has 0 atom stereocenters. The van der Waals surface area contributed by atoms with E-state index in [0.717, 1.165) is 43.4 Å². The van der Waals surface area contributed by atoms with Crippen molar-refractivity contribution in [3.63, 3.8) is 0 Å². The second-order valence-corrected chi connectivity index (χ2v) is 7.03. The zero-order valence-corrected chi connectivity index (χ0v) is 16.3. The first-order chi connectivity index (χ1) is 11.9. The molecule has 25 heavy (non-hydrogen) atoms. The van der Waals surface area contributed by atoms with Gasteiger partial charge in [0.15, 0.2) is 0 Å². The van der Waals surface area contributed by atoms with Crippen molar-refractivity contribution < 1.29 is 18.0 Å². The van der Waals surface area contributed by atoms with E-state index in [2.05, 4.69) is 13.8 Å². The molecule has 0 rings (SSSR count). The van der Waals surface area contributed by atoms with E-state index in [9.17, 15) is 18.0 Å². The van der Waals surface area contributed by atoms with Crippen LogP contribution in [0.4, 0.5) is 13.2 Å². The number of carbonyl (C=O) groups excluding carboxylic acids is 1. The van der Waals surface area contributed by atoms with Gasteiger partial charge in [-0.25, -0.2) is 0 Å². The lowest BCUT2D eigenvalue weighted by atomic mass is 10.1. The lowest BCUT2D eigenvalue weighted by molar-refractivity contribution is -0.185. The van der Waals surface area contributed by atoms with Crippen molar-refractivity contribution in [3.05, 3.63) is 0 Å². The van der Waals surface area contributed by atoms with Crippen LogP contribution in [0.1, 0.15) is 104 Å². The fraction of sp³-hybridized carbons (Fsp3) is 0.950. The first-order valence-corrected chi connectivity index (χ1v) is 10.3. The number of hydrogen-bond acceptors (Lipinski definition) is 1. The maximum Gasteiger partial charge on any atom is 0.471 e. The minimum Gasteiger partial charge on any atom is -0.335 e. The number of hydrogen-bond donors (Lipinski definition) is 0. The zero-order chi connectivity index (χ0) is 19.0. The molecule has 0 aromatic heterocycles. The normalized spacial score (nSPS) is 11.7. The molecule has 0 aliphatic rings. The Morgan fingerprint density at radius 1 is 0.640 bits per heavy atom. The molecule has 0 saturated carbocycles. The summed E-state index contributed by atoms with van der Waals surface area (Å²) in [6.07, 6.45) is 9.97. The molecule has 0 aliphatic carbocycles. The predicted molar refractivity (Wildman–Crippen MR) is 98.6 cm³/mol. The number of amides is 1. The maximum atomic E-state index is 12.7. The van der Waals surface area contributed by atoms with Crippen LogP contribution in [0.15, 0.2) is 0 Å².